The number of imidazole rings is 1. The summed E-state index contributed by atoms with van der Waals surface area (Å²) in [6.07, 6.45) is 2.28. The molecule has 4 aromatic carbocycles. The van der Waals surface area contributed by atoms with E-state index in [4.69, 9.17) is 10.1 Å². The fourth-order valence-electron chi connectivity index (χ4n) is 5.86. The van der Waals surface area contributed by atoms with Crippen molar-refractivity contribution in [2.24, 2.45) is 10.5 Å². The summed E-state index contributed by atoms with van der Waals surface area (Å²) in [6.45, 7) is 8.51. The van der Waals surface area contributed by atoms with Gasteiger partial charge in [0, 0.05) is 18.5 Å². The van der Waals surface area contributed by atoms with Gasteiger partial charge in [-0.05, 0) is 47.4 Å². The number of fused-ring (bicyclic) bond motifs is 1. The third-order valence-corrected chi connectivity index (χ3v) is 7.95. The molecule has 0 aliphatic carbocycles. The molecule has 5 heteroatoms. The highest BCUT2D eigenvalue weighted by Crippen LogP contribution is 2.48. The Hall–Kier alpha value is -4.38. The zero-order valence-electron chi connectivity index (χ0n) is 23.6. The predicted molar refractivity (Wildman–Crippen MR) is 167 cm³/mol. The van der Waals surface area contributed by atoms with E-state index in [-0.39, 0.29) is 11.5 Å². The monoisotopic (exact) mass is 527 g/mol. The minimum atomic E-state index is -0.180. The van der Waals surface area contributed by atoms with Crippen molar-refractivity contribution in [2.75, 3.05) is 10.3 Å². The van der Waals surface area contributed by atoms with Crippen molar-refractivity contribution in [3.8, 4) is 0 Å². The molecule has 202 valence electrons. The van der Waals surface area contributed by atoms with Gasteiger partial charge in [-0.3, -0.25) is 5.01 Å². The van der Waals surface area contributed by atoms with Gasteiger partial charge in [-0.15, -0.1) is 0 Å². The molecule has 0 radical (unpaired) electrons. The van der Waals surface area contributed by atoms with Crippen LogP contribution in [0, 0.1) is 5.41 Å². The van der Waals surface area contributed by atoms with Crippen molar-refractivity contribution in [2.45, 2.75) is 52.7 Å². The second-order valence-electron chi connectivity index (χ2n) is 11.1. The molecule has 0 saturated heterocycles. The first-order valence-corrected chi connectivity index (χ1v) is 14.3. The number of anilines is 2. The summed E-state index contributed by atoms with van der Waals surface area (Å²) in [7, 11) is 0. The molecular weight excluding hydrogens is 490 g/mol. The molecular formula is C35H37N5. The van der Waals surface area contributed by atoms with Gasteiger partial charge in [0.25, 0.3) is 0 Å². The number of para-hydroxylation sites is 2. The normalized spacial score (nSPS) is 16.3. The van der Waals surface area contributed by atoms with Gasteiger partial charge in [0.1, 0.15) is 0 Å². The molecule has 1 N–H and O–H groups in total. The van der Waals surface area contributed by atoms with E-state index in [0.29, 0.717) is 6.54 Å². The Labute approximate surface area is 237 Å². The smallest absolute Gasteiger partial charge is 0.204 e. The maximum absolute atomic E-state index is 5.25. The molecule has 2 heterocycles. The van der Waals surface area contributed by atoms with Gasteiger partial charge < -0.3 is 9.88 Å². The van der Waals surface area contributed by atoms with Gasteiger partial charge in [0.2, 0.25) is 5.95 Å². The highest BCUT2D eigenvalue weighted by atomic mass is 15.5. The lowest BCUT2D eigenvalue weighted by molar-refractivity contribution is 0.425. The van der Waals surface area contributed by atoms with Crippen LogP contribution in [0.2, 0.25) is 0 Å². The first kappa shape index (κ1) is 25.9. The molecule has 1 aliphatic heterocycles. The largest absolute Gasteiger partial charge is 0.352 e. The minimum absolute atomic E-state index is 0.0892. The van der Waals surface area contributed by atoms with Crippen molar-refractivity contribution in [1.82, 2.24) is 9.55 Å². The summed E-state index contributed by atoms with van der Waals surface area (Å²) in [4.78, 5) is 4.88. The maximum Gasteiger partial charge on any atom is 0.204 e. The van der Waals surface area contributed by atoms with Crippen LogP contribution in [0.25, 0.3) is 11.0 Å². The zero-order valence-corrected chi connectivity index (χ0v) is 23.6. The molecule has 0 amide bonds. The molecule has 0 spiro atoms. The number of nitrogens with zero attached hydrogens (tertiary/aromatic N) is 4. The molecule has 6 rings (SSSR count). The Morgan fingerprint density at radius 2 is 1.48 bits per heavy atom. The van der Waals surface area contributed by atoms with Crippen molar-refractivity contribution in [3.05, 3.63) is 126 Å². The molecule has 5 aromatic rings. The molecule has 40 heavy (non-hydrogen) atoms. The minimum Gasteiger partial charge on any atom is -0.352 e. The SMILES string of the molecule is CCCCn1c(NCc2ccc(N3N=C(c4ccccc4)C(C)(C)C3c3ccccc3)cc2)nc2ccccc21. The molecule has 1 unspecified atom stereocenters. The quantitative estimate of drug-likeness (QED) is 0.209. The van der Waals surface area contributed by atoms with Crippen LogP contribution in [0.5, 0.6) is 0 Å². The summed E-state index contributed by atoms with van der Waals surface area (Å²) in [5, 5.41) is 11.1. The van der Waals surface area contributed by atoms with Gasteiger partial charge in [-0.25, -0.2) is 4.98 Å². The van der Waals surface area contributed by atoms with E-state index in [9.17, 15) is 0 Å². The van der Waals surface area contributed by atoms with Crippen molar-refractivity contribution < 1.29 is 0 Å². The van der Waals surface area contributed by atoms with Gasteiger partial charge in [0.05, 0.1) is 28.5 Å². The standard InChI is InChI=1S/C35H37N5/c1-4-5-24-39-31-19-13-12-18-30(31)37-34(39)36-25-26-20-22-29(23-21-26)40-33(28-16-10-7-11-17-28)35(2,3)32(38-40)27-14-8-6-9-15-27/h6-23,33H,4-5,24-25H2,1-3H3,(H,36,37). The second kappa shape index (κ2) is 11.0. The molecule has 5 nitrogen and oxygen atoms in total. The van der Waals surface area contributed by atoms with Crippen molar-refractivity contribution in [3.63, 3.8) is 0 Å². The third kappa shape index (κ3) is 4.88. The molecule has 0 bridgehead atoms. The Balaban J connectivity index is 1.27. The number of aromatic nitrogens is 2. The number of nitrogens with one attached hydrogen (secondary N) is 1. The predicted octanol–water partition coefficient (Wildman–Crippen LogP) is 8.44. The number of hydrazone groups is 1. The summed E-state index contributed by atoms with van der Waals surface area (Å²) in [6, 6.07) is 38.6. The lowest BCUT2D eigenvalue weighted by atomic mass is 9.75. The average Bonchev–Trinajstić information content (AvgIpc) is 3.49. The molecule has 1 aromatic heterocycles. The van der Waals surface area contributed by atoms with E-state index in [1.807, 2.05) is 0 Å². The van der Waals surface area contributed by atoms with Crippen LogP contribution in [0.15, 0.2) is 114 Å². The summed E-state index contributed by atoms with van der Waals surface area (Å²) in [5.41, 5.74) is 7.88. The van der Waals surface area contributed by atoms with Crippen LogP contribution in [0.4, 0.5) is 11.6 Å². The Bertz CT molecular complexity index is 1600. The van der Waals surface area contributed by atoms with E-state index in [0.717, 1.165) is 42.3 Å². The van der Waals surface area contributed by atoms with Crippen LogP contribution in [0.1, 0.15) is 56.3 Å². The average molecular weight is 528 g/mol. The Morgan fingerprint density at radius 1 is 0.800 bits per heavy atom. The lowest BCUT2D eigenvalue weighted by Gasteiger charge is -2.33. The second-order valence-corrected chi connectivity index (χ2v) is 11.1. The summed E-state index contributed by atoms with van der Waals surface area (Å²) in [5.74, 6) is 0.932. The number of hydrogen-bond acceptors (Lipinski definition) is 4. The van der Waals surface area contributed by atoms with E-state index in [1.165, 1.54) is 22.2 Å². The van der Waals surface area contributed by atoms with Gasteiger partial charge in [-0.2, -0.15) is 5.10 Å². The zero-order chi connectivity index (χ0) is 27.5. The number of unbranched alkanes of at least 4 members (excludes halogenated alkanes) is 1. The van der Waals surface area contributed by atoms with Crippen molar-refractivity contribution >= 4 is 28.4 Å². The number of rotatable bonds is 9. The van der Waals surface area contributed by atoms with Gasteiger partial charge in [0.15, 0.2) is 0 Å². The molecule has 1 aliphatic rings. The van der Waals surface area contributed by atoms with Crippen molar-refractivity contribution in [1.29, 1.82) is 0 Å². The van der Waals surface area contributed by atoms with E-state index in [2.05, 4.69) is 145 Å². The first-order valence-electron chi connectivity index (χ1n) is 14.3. The summed E-state index contributed by atoms with van der Waals surface area (Å²) < 4.78 is 2.31. The number of benzene rings is 4. The van der Waals surface area contributed by atoms with E-state index < -0.39 is 0 Å². The summed E-state index contributed by atoms with van der Waals surface area (Å²) >= 11 is 0. The van der Waals surface area contributed by atoms with Crippen LogP contribution in [0.3, 0.4) is 0 Å². The van der Waals surface area contributed by atoms with Gasteiger partial charge in [-0.1, -0.05) is 112 Å². The molecule has 0 saturated carbocycles. The Morgan fingerprint density at radius 3 is 2.20 bits per heavy atom. The van der Waals surface area contributed by atoms with Crippen LogP contribution in [-0.2, 0) is 13.1 Å². The first-order chi connectivity index (χ1) is 19.6. The third-order valence-electron chi connectivity index (χ3n) is 7.95. The lowest BCUT2D eigenvalue weighted by Crippen LogP contribution is -2.32. The van der Waals surface area contributed by atoms with Crippen LogP contribution < -0.4 is 10.3 Å². The van der Waals surface area contributed by atoms with Gasteiger partial charge >= 0.3 is 0 Å². The fourth-order valence-corrected chi connectivity index (χ4v) is 5.86. The Kier molecular flexibility index (Phi) is 7.12. The van der Waals surface area contributed by atoms with Crippen LogP contribution in [-0.4, -0.2) is 15.3 Å². The number of aryl methyl sites for hydroxylation is 1. The van der Waals surface area contributed by atoms with Crippen LogP contribution >= 0.6 is 0 Å². The number of hydrogen-bond donors (Lipinski definition) is 1. The molecule has 0 fully saturated rings. The highest BCUT2D eigenvalue weighted by Gasteiger charge is 2.46. The topological polar surface area (TPSA) is 45.5 Å². The van der Waals surface area contributed by atoms with E-state index >= 15 is 0 Å². The molecule has 1 atom stereocenters. The maximum atomic E-state index is 5.25. The van der Waals surface area contributed by atoms with E-state index in [1.54, 1.807) is 0 Å². The highest BCUT2D eigenvalue weighted by molar-refractivity contribution is 6.07. The fraction of sp³-hybridized carbons (Fsp3) is 0.257.